The Morgan fingerprint density at radius 1 is 1.67 bits per heavy atom. The Bertz CT molecular complexity index is 229. The van der Waals surface area contributed by atoms with Crippen LogP contribution in [0.3, 0.4) is 0 Å². The molecule has 0 saturated heterocycles. The highest BCUT2D eigenvalue weighted by Crippen LogP contribution is 2.26. The fourth-order valence-electron chi connectivity index (χ4n) is 1.13. The van der Waals surface area contributed by atoms with E-state index < -0.39 is 0 Å². The molecule has 0 atom stereocenters. The maximum atomic E-state index is 9.09. The minimum atomic E-state index is 0.354. The van der Waals surface area contributed by atoms with E-state index in [2.05, 4.69) is 5.32 Å². The third kappa shape index (κ3) is 0.512. The van der Waals surface area contributed by atoms with Crippen LogP contribution in [-0.4, -0.2) is 16.2 Å². The van der Waals surface area contributed by atoms with Crippen molar-refractivity contribution >= 4 is 5.82 Å². The van der Waals surface area contributed by atoms with E-state index in [9.17, 15) is 0 Å². The van der Waals surface area contributed by atoms with Crippen molar-refractivity contribution in [3.05, 3.63) is 12.3 Å². The van der Waals surface area contributed by atoms with Crippen molar-refractivity contribution in [3.8, 4) is 5.75 Å². The van der Waals surface area contributed by atoms with Crippen molar-refractivity contribution in [1.82, 2.24) is 4.57 Å². The first-order valence-electron chi connectivity index (χ1n) is 3.00. The van der Waals surface area contributed by atoms with Gasteiger partial charge in [0.15, 0.2) is 5.75 Å². The van der Waals surface area contributed by atoms with E-state index in [4.69, 9.17) is 5.11 Å². The van der Waals surface area contributed by atoms with Crippen molar-refractivity contribution in [1.29, 1.82) is 0 Å². The molecule has 3 heteroatoms. The fourth-order valence-corrected chi connectivity index (χ4v) is 1.13. The first-order chi connectivity index (χ1) is 4.38. The summed E-state index contributed by atoms with van der Waals surface area (Å²) in [5.41, 5.74) is 0. The first kappa shape index (κ1) is 4.73. The summed E-state index contributed by atoms with van der Waals surface area (Å²) in [7, 11) is 0. The number of rotatable bonds is 0. The maximum Gasteiger partial charge on any atom is 0.157 e. The summed E-state index contributed by atoms with van der Waals surface area (Å²) in [4.78, 5) is 0. The second-order valence-corrected chi connectivity index (χ2v) is 2.17. The predicted molar refractivity (Wildman–Crippen MR) is 34.6 cm³/mol. The Kier molecular flexibility index (Phi) is 0.754. The number of anilines is 1. The predicted octanol–water partition coefficient (Wildman–Crippen LogP) is 0.619. The van der Waals surface area contributed by atoms with Gasteiger partial charge in [-0.15, -0.1) is 0 Å². The molecule has 0 unspecified atom stereocenters. The molecule has 0 aliphatic carbocycles. The summed E-state index contributed by atoms with van der Waals surface area (Å²) < 4.78 is 2.00. The molecule has 0 bridgehead atoms. The SMILES string of the molecule is Oc1ccn2c1NCC2. The average molecular weight is 124 g/mol. The number of aromatic hydroxyl groups is 1. The number of nitrogens with zero attached hydrogens (tertiary/aromatic N) is 1. The summed E-state index contributed by atoms with van der Waals surface area (Å²) in [6.45, 7) is 1.90. The van der Waals surface area contributed by atoms with E-state index in [1.54, 1.807) is 6.07 Å². The van der Waals surface area contributed by atoms with Crippen molar-refractivity contribution in [2.45, 2.75) is 6.54 Å². The highest BCUT2D eigenvalue weighted by molar-refractivity contribution is 5.53. The van der Waals surface area contributed by atoms with E-state index >= 15 is 0 Å². The van der Waals surface area contributed by atoms with Crippen LogP contribution in [-0.2, 0) is 6.54 Å². The molecule has 0 saturated carbocycles. The Labute approximate surface area is 52.9 Å². The van der Waals surface area contributed by atoms with Gasteiger partial charge in [-0.2, -0.15) is 0 Å². The second-order valence-electron chi connectivity index (χ2n) is 2.17. The van der Waals surface area contributed by atoms with Crippen LogP contribution in [0, 0.1) is 0 Å². The number of nitrogens with one attached hydrogen (secondary N) is 1. The number of hydrogen-bond donors (Lipinski definition) is 2. The molecule has 2 rings (SSSR count). The first-order valence-corrected chi connectivity index (χ1v) is 3.00. The Morgan fingerprint density at radius 3 is 3.33 bits per heavy atom. The van der Waals surface area contributed by atoms with Gasteiger partial charge in [-0.25, -0.2) is 0 Å². The van der Waals surface area contributed by atoms with Crippen molar-refractivity contribution in [2.24, 2.45) is 0 Å². The average Bonchev–Trinajstić information content (AvgIpc) is 2.35. The highest BCUT2D eigenvalue weighted by atomic mass is 16.3. The topological polar surface area (TPSA) is 37.2 Å². The molecule has 3 nitrogen and oxygen atoms in total. The number of fused-ring (bicyclic) bond motifs is 1. The van der Waals surface area contributed by atoms with E-state index in [0.29, 0.717) is 5.75 Å². The molecule has 2 heterocycles. The molecule has 2 N–H and O–H groups in total. The van der Waals surface area contributed by atoms with Crippen LogP contribution < -0.4 is 5.32 Å². The molecule has 1 aliphatic heterocycles. The van der Waals surface area contributed by atoms with Crippen molar-refractivity contribution in [2.75, 3.05) is 11.9 Å². The van der Waals surface area contributed by atoms with Crippen molar-refractivity contribution < 1.29 is 5.11 Å². The van der Waals surface area contributed by atoms with Crippen LogP contribution >= 0.6 is 0 Å². The second kappa shape index (κ2) is 1.43. The van der Waals surface area contributed by atoms with Gasteiger partial charge < -0.3 is 15.0 Å². The van der Waals surface area contributed by atoms with Crippen LogP contribution in [0.25, 0.3) is 0 Å². The smallest absolute Gasteiger partial charge is 0.157 e. The normalized spacial score (nSPS) is 15.1. The van der Waals surface area contributed by atoms with Gasteiger partial charge in [0.2, 0.25) is 0 Å². The molecule has 0 spiro atoms. The largest absolute Gasteiger partial charge is 0.504 e. The third-order valence-electron chi connectivity index (χ3n) is 1.59. The summed E-state index contributed by atoms with van der Waals surface area (Å²) in [6, 6.07) is 1.70. The molecule has 1 aromatic heterocycles. The third-order valence-corrected chi connectivity index (χ3v) is 1.59. The fraction of sp³-hybridized carbons (Fsp3) is 0.333. The monoisotopic (exact) mass is 124 g/mol. The molecule has 1 aromatic rings. The Hall–Kier alpha value is -1.12. The summed E-state index contributed by atoms with van der Waals surface area (Å²) in [6.07, 6.45) is 1.88. The molecule has 48 valence electrons. The van der Waals surface area contributed by atoms with E-state index in [1.165, 1.54) is 0 Å². The van der Waals surface area contributed by atoms with Crippen LogP contribution in [0.5, 0.6) is 5.75 Å². The minimum Gasteiger partial charge on any atom is -0.504 e. The van der Waals surface area contributed by atoms with E-state index in [0.717, 1.165) is 18.9 Å². The molecule has 0 radical (unpaired) electrons. The highest BCUT2D eigenvalue weighted by Gasteiger charge is 2.11. The number of aromatic nitrogens is 1. The van der Waals surface area contributed by atoms with Gasteiger partial charge >= 0.3 is 0 Å². The molecule has 0 amide bonds. The maximum absolute atomic E-state index is 9.09. The lowest BCUT2D eigenvalue weighted by Crippen LogP contribution is -1.92. The molecular weight excluding hydrogens is 116 g/mol. The van der Waals surface area contributed by atoms with Crippen LogP contribution in [0.15, 0.2) is 12.3 Å². The van der Waals surface area contributed by atoms with Gasteiger partial charge in [0.05, 0.1) is 0 Å². The van der Waals surface area contributed by atoms with E-state index in [1.807, 2.05) is 10.8 Å². The lowest BCUT2D eigenvalue weighted by molar-refractivity contribution is 0.478. The van der Waals surface area contributed by atoms with Gasteiger partial charge in [-0.05, 0) is 6.07 Å². The molecule has 9 heavy (non-hydrogen) atoms. The van der Waals surface area contributed by atoms with Gasteiger partial charge in [-0.3, -0.25) is 0 Å². The summed E-state index contributed by atoms with van der Waals surface area (Å²) in [5, 5.41) is 12.1. The van der Waals surface area contributed by atoms with Gasteiger partial charge in [0.25, 0.3) is 0 Å². The lowest BCUT2D eigenvalue weighted by Gasteiger charge is -1.92. The van der Waals surface area contributed by atoms with Crippen LogP contribution in [0.1, 0.15) is 0 Å². The molecule has 1 aliphatic rings. The zero-order valence-corrected chi connectivity index (χ0v) is 4.96. The zero-order valence-electron chi connectivity index (χ0n) is 4.96. The van der Waals surface area contributed by atoms with Gasteiger partial charge in [0.1, 0.15) is 5.82 Å². The van der Waals surface area contributed by atoms with Gasteiger partial charge in [-0.1, -0.05) is 0 Å². The van der Waals surface area contributed by atoms with Crippen LogP contribution in [0.4, 0.5) is 5.82 Å². The molecule has 0 fully saturated rings. The van der Waals surface area contributed by atoms with Crippen LogP contribution in [0.2, 0.25) is 0 Å². The standard InChI is InChI=1S/C6H8N2O/c9-5-1-3-8-4-2-7-6(5)8/h1,3,7,9H,2,4H2. The lowest BCUT2D eigenvalue weighted by atomic mass is 10.5. The van der Waals surface area contributed by atoms with Crippen molar-refractivity contribution in [3.63, 3.8) is 0 Å². The van der Waals surface area contributed by atoms with Gasteiger partial charge in [0, 0.05) is 19.3 Å². The summed E-state index contributed by atoms with van der Waals surface area (Å²) in [5.74, 6) is 1.21. The zero-order chi connectivity index (χ0) is 6.27. The Balaban J connectivity index is 2.56. The molecule has 0 aromatic carbocycles. The summed E-state index contributed by atoms with van der Waals surface area (Å²) >= 11 is 0. The Morgan fingerprint density at radius 2 is 2.56 bits per heavy atom. The van der Waals surface area contributed by atoms with E-state index in [-0.39, 0.29) is 0 Å². The number of hydrogen-bond acceptors (Lipinski definition) is 2. The molecular formula is C6H8N2O. The quantitative estimate of drug-likeness (QED) is 0.532. The minimum absolute atomic E-state index is 0.354.